The Morgan fingerprint density at radius 1 is 1.30 bits per heavy atom. The largest absolute Gasteiger partial charge is 0.395 e. The van der Waals surface area contributed by atoms with Crippen LogP contribution in [0.1, 0.15) is 17.4 Å². The maximum absolute atomic E-state index is 13.6. The number of anilines is 1. The van der Waals surface area contributed by atoms with Crippen LogP contribution in [0.5, 0.6) is 0 Å². The number of rotatable bonds is 6. The Kier molecular flexibility index (Phi) is 5.09. The van der Waals surface area contributed by atoms with Gasteiger partial charge >= 0.3 is 0 Å². The average Bonchev–Trinajstić information content (AvgIpc) is 2.89. The number of aliphatic hydroxyl groups excluding tert-OH is 1. The van der Waals surface area contributed by atoms with Crippen LogP contribution in [0.2, 0.25) is 0 Å². The predicted molar refractivity (Wildman–Crippen MR) is 78.5 cm³/mol. The summed E-state index contributed by atoms with van der Waals surface area (Å²) in [4.78, 5) is 3.02. The molecule has 0 fully saturated rings. The van der Waals surface area contributed by atoms with Gasteiger partial charge in [0.2, 0.25) is 0 Å². The minimum Gasteiger partial charge on any atom is -0.395 e. The fourth-order valence-corrected chi connectivity index (χ4v) is 3.01. The Hall–Kier alpha value is -1.46. The van der Waals surface area contributed by atoms with Crippen LogP contribution in [-0.4, -0.2) is 24.8 Å². The van der Waals surface area contributed by atoms with Crippen molar-refractivity contribution in [3.8, 4) is 0 Å². The first-order chi connectivity index (χ1) is 9.65. The Labute approximate surface area is 121 Å². The van der Waals surface area contributed by atoms with Gasteiger partial charge in [-0.05, 0) is 24.6 Å². The van der Waals surface area contributed by atoms with Crippen molar-refractivity contribution < 1.29 is 13.9 Å². The van der Waals surface area contributed by atoms with Crippen molar-refractivity contribution in [3.05, 3.63) is 51.7 Å². The van der Waals surface area contributed by atoms with E-state index in [0.29, 0.717) is 18.5 Å². The van der Waals surface area contributed by atoms with E-state index in [2.05, 4.69) is 0 Å². The zero-order chi connectivity index (χ0) is 14.5. The van der Waals surface area contributed by atoms with Crippen LogP contribution >= 0.6 is 11.3 Å². The molecule has 0 spiro atoms. The first kappa shape index (κ1) is 14.9. The highest BCUT2D eigenvalue weighted by Gasteiger charge is 2.11. The number of benzene rings is 1. The van der Waals surface area contributed by atoms with E-state index in [-0.39, 0.29) is 6.61 Å². The molecule has 0 bridgehead atoms. The quantitative estimate of drug-likeness (QED) is 0.883. The topological polar surface area (TPSA) is 23.5 Å². The SMILES string of the molecule is CCN(CCO)c1csc(Cc2cccc(F)c2F)c1. The van der Waals surface area contributed by atoms with Crippen molar-refractivity contribution >= 4 is 17.0 Å². The zero-order valence-electron chi connectivity index (χ0n) is 11.3. The van der Waals surface area contributed by atoms with Gasteiger partial charge in [0.15, 0.2) is 11.6 Å². The fourth-order valence-electron chi connectivity index (χ4n) is 2.09. The van der Waals surface area contributed by atoms with Gasteiger partial charge in [-0.25, -0.2) is 8.78 Å². The van der Waals surface area contributed by atoms with Crippen LogP contribution in [0, 0.1) is 11.6 Å². The van der Waals surface area contributed by atoms with Gasteiger partial charge in [0.05, 0.1) is 6.61 Å². The number of hydrogen-bond donors (Lipinski definition) is 1. The number of nitrogens with zero attached hydrogens (tertiary/aromatic N) is 1. The highest BCUT2D eigenvalue weighted by atomic mass is 32.1. The monoisotopic (exact) mass is 297 g/mol. The molecule has 1 aromatic heterocycles. The van der Waals surface area contributed by atoms with E-state index in [1.165, 1.54) is 17.4 Å². The van der Waals surface area contributed by atoms with Crippen LogP contribution in [0.4, 0.5) is 14.5 Å². The second-order valence-electron chi connectivity index (χ2n) is 4.46. The van der Waals surface area contributed by atoms with E-state index in [1.807, 2.05) is 23.3 Å². The third-order valence-corrected chi connectivity index (χ3v) is 4.08. The summed E-state index contributed by atoms with van der Waals surface area (Å²) in [6.07, 6.45) is 0.380. The number of halogens is 2. The highest BCUT2D eigenvalue weighted by molar-refractivity contribution is 7.10. The van der Waals surface area contributed by atoms with Crippen LogP contribution in [0.3, 0.4) is 0 Å². The van der Waals surface area contributed by atoms with E-state index in [9.17, 15) is 8.78 Å². The highest BCUT2D eigenvalue weighted by Crippen LogP contribution is 2.26. The van der Waals surface area contributed by atoms with Gasteiger partial charge in [0.1, 0.15) is 0 Å². The summed E-state index contributed by atoms with van der Waals surface area (Å²) in [7, 11) is 0. The van der Waals surface area contributed by atoms with Gasteiger partial charge < -0.3 is 10.0 Å². The molecule has 2 aromatic rings. The molecule has 2 rings (SSSR count). The summed E-state index contributed by atoms with van der Waals surface area (Å²) in [6, 6.07) is 6.21. The lowest BCUT2D eigenvalue weighted by atomic mass is 10.1. The van der Waals surface area contributed by atoms with Gasteiger partial charge in [-0.1, -0.05) is 12.1 Å². The summed E-state index contributed by atoms with van der Waals surface area (Å²) in [5.41, 5.74) is 1.38. The molecular weight excluding hydrogens is 280 g/mol. The van der Waals surface area contributed by atoms with Crippen LogP contribution in [0.15, 0.2) is 29.6 Å². The van der Waals surface area contributed by atoms with E-state index in [0.717, 1.165) is 23.2 Å². The number of thiophene rings is 1. The lowest BCUT2D eigenvalue weighted by Crippen LogP contribution is -2.25. The molecule has 0 saturated carbocycles. The molecule has 0 aliphatic rings. The molecule has 20 heavy (non-hydrogen) atoms. The molecule has 0 aliphatic heterocycles. The second kappa shape index (κ2) is 6.81. The molecule has 0 aliphatic carbocycles. The summed E-state index contributed by atoms with van der Waals surface area (Å²) < 4.78 is 26.8. The zero-order valence-corrected chi connectivity index (χ0v) is 12.1. The van der Waals surface area contributed by atoms with Crippen LogP contribution in [-0.2, 0) is 6.42 Å². The molecule has 0 unspecified atom stereocenters. The third-order valence-electron chi connectivity index (χ3n) is 3.15. The minimum absolute atomic E-state index is 0.0948. The summed E-state index contributed by atoms with van der Waals surface area (Å²) in [5, 5.41) is 11.0. The molecule has 108 valence electrons. The molecule has 2 nitrogen and oxygen atoms in total. The molecule has 1 aromatic carbocycles. The van der Waals surface area contributed by atoms with Crippen molar-refractivity contribution in [1.82, 2.24) is 0 Å². The standard InChI is InChI=1S/C15H17F2NOS/c1-2-18(6-7-19)12-9-13(20-10-12)8-11-4-3-5-14(16)15(11)17/h3-5,9-10,19H,2,6-8H2,1H3. The molecule has 5 heteroatoms. The predicted octanol–water partition coefficient (Wildman–Crippen LogP) is 3.44. The average molecular weight is 297 g/mol. The molecule has 0 saturated heterocycles. The fraction of sp³-hybridized carbons (Fsp3) is 0.333. The van der Waals surface area contributed by atoms with Crippen molar-refractivity contribution in [2.24, 2.45) is 0 Å². The first-order valence-electron chi connectivity index (χ1n) is 6.51. The maximum Gasteiger partial charge on any atom is 0.162 e. The molecule has 0 atom stereocenters. The minimum atomic E-state index is -0.810. The van der Waals surface area contributed by atoms with Crippen molar-refractivity contribution in [2.75, 3.05) is 24.6 Å². The normalized spacial score (nSPS) is 10.8. The van der Waals surface area contributed by atoms with Crippen molar-refractivity contribution in [3.63, 3.8) is 0 Å². The van der Waals surface area contributed by atoms with Gasteiger partial charge in [0.25, 0.3) is 0 Å². The number of likely N-dealkylation sites (N-methyl/N-ethyl adjacent to an activating group) is 1. The third kappa shape index (κ3) is 3.35. The Morgan fingerprint density at radius 2 is 2.10 bits per heavy atom. The Morgan fingerprint density at radius 3 is 2.80 bits per heavy atom. The van der Waals surface area contributed by atoms with Gasteiger partial charge in [-0.2, -0.15) is 0 Å². The van der Waals surface area contributed by atoms with E-state index in [4.69, 9.17) is 5.11 Å². The van der Waals surface area contributed by atoms with Gasteiger partial charge in [-0.15, -0.1) is 11.3 Å². The molecule has 1 heterocycles. The lowest BCUT2D eigenvalue weighted by molar-refractivity contribution is 0.302. The van der Waals surface area contributed by atoms with E-state index < -0.39 is 11.6 Å². The number of hydrogen-bond acceptors (Lipinski definition) is 3. The molecular formula is C15H17F2NOS. The van der Waals surface area contributed by atoms with E-state index >= 15 is 0 Å². The van der Waals surface area contributed by atoms with Crippen LogP contribution in [0.25, 0.3) is 0 Å². The van der Waals surface area contributed by atoms with Gasteiger partial charge in [0, 0.05) is 35.5 Å². The second-order valence-corrected chi connectivity index (χ2v) is 5.46. The van der Waals surface area contributed by atoms with E-state index in [1.54, 1.807) is 6.07 Å². The summed E-state index contributed by atoms with van der Waals surface area (Å²) >= 11 is 1.52. The van der Waals surface area contributed by atoms with Gasteiger partial charge in [-0.3, -0.25) is 0 Å². The molecule has 0 amide bonds. The Balaban J connectivity index is 2.15. The summed E-state index contributed by atoms with van der Waals surface area (Å²) in [6.45, 7) is 3.48. The number of aliphatic hydroxyl groups is 1. The smallest absolute Gasteiger partial charge is 0.162 e. The lowest BCUT2D eigenvalue weighted by Gasteiger charge is -2.19. The van der Waals surface area contributed by atoms with Crippen molar-refractivity contribution in [1.29, 1.82) is 0 Å². The summed E-state index contributed by atoms with van der Waals surface area (Å²) in [5.74, 6) is -1.58. The molecule has 1 N–H and O–H groups in total. The molecule has 0 radical (unpaired) electrons. The van der Waals surface area contributed by atoms with Crippen LogP contribution < -0.4 is 4.90 Å². The maximum atomic E-state index is 13.6. The first-order valence-corrected chi connectivity index (χ1v) is 7.39. The Bertz CT molecular complexity index is 571. The van der Waals surface area contributed by atoms with Crippen molar-refractivity contribution in [2.45, 2.75) is 13.3 Å².